The number of piperidine rings is 2. The Bertz CT molecular complexity index is 2110. The number of aromatic nitrogens is 1. The molecule has 0 unspecified atom stereocenters. The Hall–Kier alpha value is -5.21. The van der Waals surface area contributed by atoms with Gasteiger partial charge in [-0.1, -0.05) is 48.6 Å². The van der Waals surface area contributed by atoms with Crippen molar-refractivity contribution in [3.63, 3.8) is 0 Å². The quantitative estimate of drug-likeness (QED) is 0.133. The van der Waals surface area contributed by atoms with Gasteiger partial charge < -0.3 is 42.8 Å². The summed E-state index contributed by atoms with van der Waals surface area (Å²) in [4.78, 5) is 66.3. The van der Waals surface area contributed by atoms with Crippen LogP contribution in [0.1, 0.15) is 109 Å². The minimum Gasteiger partial charge on any atom is -0.463 e. The van der Waals surface area contributed by atoms with Crippen LogP contribution in [-0.2, 0) is 54.0 Å². The molecule has 3 aliphatic heterocycles. The molecular weight excluding hydrogens is 795 g/mol. The molecule has 0 aliphatic carbocycles. The molecule has 1 amide bonds. The molecule has 3 saturated heterocycles. The number of amides is 1. The van der Waals surface area contributed by atoms with E-state index in [9.17, 15) is 24.0 Å². The number of hydrogen-bond acceptors (Lipinski definition) is 12. The van der Waals surface area contributed by atoms with Gasteiger partial charge in [0.05, 0.1) is 5.52 Å². The number of hydrogen-bond donors (Lipinski definition) is 0. The van der Waals surface area contributed by atoms with E-state index in [2.05, 4.69) is 41.3 Å². The number of benzene rings is 2. The third-order valence-corrected chi connectivity index (χ3v) is 11.9. The molecule has 0 bridgehead atoms. The summed E-state index contributed by atoms with van der Waals surface area (Å²) in [7, 11) is 0. The van der Waals surface area contributed by atoms with Gasteiger partial charge in [0.15, 0.2) is 24.5 Å². The molecule has 0 N–H and O–H groups in total. The van der Waals surface area contributed by atoms with E-state index in [0.717, 1.165) is 85.1 Å². The van der Waals surface area contributed by atoms with Crippen molar-refractivity contribution < 1.29 is 52.4 Å². The molecule has 0 radical (unpaired) electrons. The van der Waals surface area contributed by atoms with Crippen LogP contribution in [0.25, 0.3) is 17.0 Å². The van der Waals surface area contributed by atoms with E-state index in [4.69, 9.17) is 28.4 Å². The molecule has 3 aliphatic rings. The first-order chi connectivity index (χ1) is 29.4. The lowest BCUT2D eigenvalue weighted by Crippen LogP contribution is -2.60. The molecule has 336 valence electrons. The van der Waals surface area contributed by atoms with Gasteiger partial charge in [-0.3, -0.25) is 19.2 Å². The van der Waals surface area contributed by atoms with Crippen molar-refractivity contribution in [2.75, 3.05) is 39.3 Å². The fraction of sp³-hybridized carbons (Fsp3) is 0.562. The molecular formula is C48H63N3O11. The highest BCUT2D eigenvalue weighted by atomic mass is 16.7. The predicted molar refractivity (Wildman–Crippen MR) is 232 cm³/mol. The van der Waals surface area contributed by atoms with E-state index < -0.39 is 60.1 Å². The number of nitrogens with zero attached hydrogens (tertiary/aromatic N) is 3. The molecule has 14 nitrogen and oxygen atoms in total. The number of esters is 4. The Balaban J connectivity index is 1.15. The van der Waals surface area contributed by atoms with Crippen LogP contribution in [-0.4, -0.2) is 114 Å². The first kappa shape index (κ1) is 46.3. The molecule has 3 fully saturated rings. The van der Waals surface area contributed by atoms with Gasteiger partial charge in [-0.05, 0) is 106 Å². The van der Waals surface area contributed by atoms with Gasteiger partial charge in [-0.15, -0.1) is 0 Å². The minimum absolute atomic E-state index is 0.204. The largest absolute Gasteiger partial charge is 0.463 e. The van der Waals surface area contributed by atoms with Gasteiger partial charge in [0, 0.05) is 65.5 Å². The second kappa shape index (κ2) is 19.9. The lowest BCUT2D eigenvalue weighted by molar-refractivity contribution is -0.267. The Labute approximate surface area is 364 Å². The normalized spacial score (nSPS) is 23.0. The van der Waals surface area contributed by atoms with Crippen LogP contribution in [0.3, 0.4) is 0 Å². The number of fused-ring (bicyclic) bond motifs is 1. The van der Waals surface area contributed by atoms with E-state index in [1.54, 1.807) is 0 Å². The van der Waals surface area contributed by atoms with E-state index in [1.807, 2.05) is 61.6 Å². The highest BCUT2D eigenvalue weighted by molar-refractivity contribution is 5.87. The highest BCUT2D eigenvalue weighted by Gasteiger charge is 2.53. The predicted octanol–water partition coefficient (Wildman–Crippen LogP) is 7.31. The molecule has 4 heterocycles. The average molecular weight is 858 g/mol. The van der Waals surface area contributed by atoms with Crippen LogP contribution in [0.2, 0.25) is 0 Å². The van der Waals surface area contributed by atoms with E-state index in [0.29, 0.717) is 6.42 Å². The summed E-state index contributed by atoms with van der Waals surface area (Å²) < 4.78 is 36.4. The van der Waals surface area contributed by atoms with Crippen LogP contribution in [0.4, 0.5) is 4.79 Å². The second-order valence-electron chi connectivity index (χ2n) is 18.1. The van der Waals surface area contributed by atoms with Crippen molar-refractivity contribution in [1.82, 2.24) is 14.4 Å². The van der Waals surface area contributed by atoms with Crippen molar-refractivity contribution in [1.29, 1.82) is 0 Å². The first-order valence-corrected chi connectivity index (χ1v) is 21.8. The van der Waals surface area contributed by atoms with Gasteiger partial charge in [-0.25, -0.2) is 4.79 Å². The summed E-state index contributed by atoms with van der Waals surface area (Å²) >= 11 is 0. The minimum atomic E-state index is -1.28. The molecule has 62 heavy (non-hydrogen) atoms. The van der Waals surface area contributed by atoms with Crippen molar-refractivity contribution in [2.45, 2.75) is 130 Å². The van der Waals surface area contributed by atoms with Crippen LogP contribution >= 0.6 is 0 Å². The fourth-order valence-electron chi connectivity index (χ4n) is 9.20. The Kier molecular flexibility index (Phi) is 14.8. The lowest BCUT2D eigenvalue weighted by atomic mass is 9.72. The molecule has 14 heteroatoms. The average Bonchev–Trinajstić information content (AvgIpc) is 3.56. The van der Waals surface area contributed by atoms with Crippen molar-refractivity contribution in [3.05, 3.63) is 77.0 Å². The fourth-order valence-corrected chi connectivity index (χ4v) is 9.20. The van der Waals surface area contributed by atoms with Crippen molar-refractivity contribution >= 4 is 46.9 Å². The van der Waals surface area contributed by atoms with Gasteiger partial charge in [-0.2, -0.15) is 0 Å². The van der Waals surface area contributed by atoms with Crippen molar-refractivity contribution in [2.24, 2.45) is 5.41 Å². The molecule has 3 aromatic rings. The number of ether oxygens (including phenoxy) is 6. The zero-order chi connectivity index (χ0) is 44.8. The Morgan fingerprint density at radius 3 is 2.13 bits per heavy atom. The topological polar surface area (TPSA) is 152 Å². The summed E-state index contributed by atoms with van der Waals surface area (Å²) in [6.07, 6.45) is 6.21. The van der Waals surface area contributed by atoms with Crippen molar-refractivity contribution in [3.8, 4) is 0 Å². The summed E-state index contributed by atoms with van der Waals surface area (Å²) in [6, 6.07) is 14.4. The zero-order valence-corrected chi connectivity index (χ0v) is 37.5. The maximum Gasteiger partial charge on any atom is 0.410 e. The van der Waals surface area contributed by atoms with Gasteiger partial charge in [0.25, 0.3) is 0 Å². The monoisotopic (exact) mass is 857 g/mol. The van der Waals surface area contributed by atoms with Crippen LogP contribution in [0.15, 0.2) is 54.7 Å². The summed E-state index contributed by atoms with van der Waals surface area (Å²) in [5.74, 6) is -2.60. The number of carbonyl (C=O) groups excluding carboxylic acids is 5. The number of aryl methyl sites for hydroxylation is 1. The maximum atomic E-state index is 12.6. The zero-order valence-electron chi connectivity index (χ0n) is 37.5. The SMILES string of the molecule is CC(=O)OC[C@H]1O[C@@H](n2cc(Cc3ccc(C=CCCN4CCCC5(CCN(C(=O)OC(C)(C)C)CC5)C4)cc3)c3c(C)cccc32)[C@H](OC(C)=O)[C@@H](OC(C)=O)[C@@H]1OC(C)=O. The van der Waals surface area contributed by atoms with Crippen LogP contribution in [0.5, 0.6) is 0 Å². The number of carbonyl (C=O) groups is 5. The number of likely N-dealkylation sites (tertiary alicyclic amines) is 2. The molecule has 2 aromatic carbocycles. The highest BCUT2D eigenvalue weighted by Crippen LogP contribution is 2.41. The molecule has 1 aromatic heterocycles. The van der Waals surface area contributed by atoms with Gasteiger partial charge in [0.2, 0.25) is 0 Å². The molecule has 6 rings (SSSR count). The number of rotatable bonds is 12. The third kappa shape index (κ3) is 11.8. The lowest BCUT2D eigenvalue weighted by Gasteiger charge is -2.47. The summed E-state index contributed by atoms with van der Waals surface area (Å²) in [5.41, 5.74) is 4.77. The Morgan fingerprint density at radius 1 is 0.823 bits per heavy atom. The molecule has 0 saturated carbocycles. The first-order valence-electron chi connectivity index (χ1n) is 21.8. The third-order valence-electron chi connectivity index (χ3n) is 11.9. The van der Waals surface area contributed by atoms with E-state index >= 15 is 0 Å². The maximum absolute atomic E-state index is 12.6. The molecule has 1 spiro atoms. The Morgan fingerprint density at radius 2 is 1.48 bits per heavy atom. The van der Waals surface area contributed by atoms with Crippen LogP contribution in [0, 0.1) is 12.3 Å². The standard InChI is InChI=1S/C48H63N3O11/c1-31-13-11-15-39-41(31)38(28-51(39)45-44(60-35(5)55)43(59-34(4)54)42(58-33(3)53)40(61-45)29-57-32(2)52)27-37-18-16-36(17-19-37)14-9-10-23-49-24-12-20-48(30-49)21-25-50(26-22-48)46(56)62-47(6,7)8/h9,11,13-19,28,40,42-45H,10,12,20-27,29-30H2,1-8H3/t40-,42-,43+,44-,45-/m1/s1. The summed E-state index contributed by atoms with van der Waals surface area (Å²) in [6.45, 7) is 17.0. The molecule has 5 atom stereocenters. The smallest absolute Gasteiger partial charge is 0.410 e. The summed E-state index contributed by atoms with van der Waals surface area (Å²) in [5, 5.41) is 0.984. The van der Waals surface area contributed by atoms with E-state index in [1.165, 1.54) is 40.5 Å². The van der Waals surface area contributed by atoms with Gasteiger partial charge in [0.1, 0.15) is 18.3 Å². The van der Waals surface area contributed by atoms with E-state index in [-0.39, 0.29) is 18.1 Å². The van der Waals surface area contributed by atoms with Crippen LogP contribution < -0.4 is 0 Å². The van der Waals surface area contributed by atoms with Gasteiger partial charge >= 0.3 is 30.0 Å². The second-order valence-corrected chi connectivity index (χ2v) is 18.1.